The van der Waals surface area contributed by atoms with E-state index >= 15 is 0 Å². The molecule has 0 aliphatic carbocycles. The molecular weight excluding hydrogens is 280 g/mol. The summed E-state index contributed by atoms with van der Waals surface area (Å²) >= 11 is 3.50. The van der Waals surface area contributed by atoms with Gasteiger partial charge in [0.1, 0.15) is 0 Å². The third-order valence-electron chi connectivity index (χ3n) is 3.73. The van der Waals surface area contributed by atoms with Gasteiger partial charge >= 0.3 is 0 Å². The smallest absolute Gasteiger partial charge is 0.0614 e. The van der Waals surface area contributed by atoms with Crippen molar-refractivity contribution in [2.75, 3.05) is 31.6 Å². The minimum atomic E-state index is -0.0808. The summed E-state index contributed by atoms with van der Waals surface area (Å²) in [5.41, 5.74) is 1.17. The van der Waals surface area contributed by atoms with Crippen LogP contribution in [0.3, 0.4) is 0 Å². The van der Waals surface area contributed by atoms with E-state index in [4.69, 9.17) is 0 Å². The van der Waals surface area contributed by atoms with Crippen LogP contribution in [0.1, 0.15) is 12.8 Å². The highest BCUT2D eigenvalue weighted by Crippen LogP contribution is 2.27. The zero-order chi connectivity index (χ0) is 12.3. The lowest BCUT2D eigenvalue weighted by Gasteiger charge is -2.41. The Morgan fingerprint density at radius 1 is 1.41 bits per heavy atom. The second-order valence-electron chi connectivity index (χ2n) is 4.66. The van der Waals surface area contributed by atoms with E-state index in [2.05, 4.69) is 44.3 Å². The van der Waals surface area contributed by atoms with Gasteiger partial charge in [-0.25, -0.2) is 0 Å². The molecule has 0 unspecified atom stereocenters. The van der Waals surface area contributed by atoms with Crippen LogP contribution >= 0.6 is 15.9 Å². The van der Waals surface area contributed by atoms with Gasteiger partial charge in [-0.2, -0.15) is 0 Å². The molecule has 2 N–H and O–H groups in total. The van der Waals surface area contributed by atoms with Gasteiger partial charge in [0.25, 0.3) is 0 Å². The average molecular weight is 299 g/mol. The maximum atomic E-state index is 9.45. The number of hydrogen-bond acceptors (Lipinski definition) is 3. The van der Waals surface area contributed by atoms with Gasteiger partial charge in [-0.15, -0.1) is 0 Å². The predicted octanol–water partition coefficient (Wildman–Crippen LogP) is 2.00. The molecule has 1 aromatic rings. The van der Waals surface area contributed by atoms with Gasteiger partial charge in [0, 0.05) is 28.8 Å². The molecule has 0 spiro atoms. The number of aliphatic hydroxyl groups excluding tert-OH is 1. The molecule has 0 bridgehead atoms. The first-order valence-electron chi connectivity index (χ1n) is 5.99. The molecule has 3 nitrogen and oxygen atoms in total. The molecular formula is C13H19BrN2O. The van der Waals surface area contributed by atoms with E-state index in [1.165, 1.54) is 5.69 Å². The van der Waals surface area contributed by atoms with Gasteiger partial charge in [0.2, 0.25) is 0 Å². The molecule has 17 heavy (non-hydrogen) atoms. The standard InChI is InChI=1S/C13H19BrN2O/c1-15-13(10-17)5-7-16(8-6-13)12-4-2-3-11(14)9-12/h2-4,9,15,17H,5-8,10H2,1H3. The summed E-state index contributed by atoms with van der Waals surface area (Å²) in [6, 6.07) is 8.38. The third kappa shape index (κ3) is 2.81. The molecule has 94 valence electrons. The Kier molecular flexibility index (Phi) is 4.07. The van der Waals surface area contributed by atoms with Gasteiger partial charge in [-0.05, 0) is 38.1 Å². The summed E-state index contributed by atoms with van der Waals surface area (Å²) in [4.78, 5) is 2.37. The van der Waals surface area contributed by atoms with Crippen molar-refractivity contribution in [3.05, 3.63) is 28.7 Å². The van der Waals surface area contributed by atoms with Crippen LogP contribution in [0, 0.1) is 0 Å². The molecule has 0 saturated carbocycles. The second-order valence-corrected chi connectivity index (χ2v) is 5.57. The minimum absolute atomic E-state index is 0.0808. The first kappa shape index (κ1) is 12.9. The van der Waals surface area contributed by atoms with Crippen LogP contribution in [0.15, 0.2) is 28.7 Å². The summed E-state index contributed by atoms with van der Waals surface area (Å²) in [6.45, 7) is 2.19. The van der Waals surface area contributed by atoms with Gasteiger partial charge in [-0.3, -0.25) is 0 Å². The Labute approximate surface area is 111 Å². The van der Waals surface area contributed by atoms with Crippen LogP contribution in [-0.2, 0) is 0 Å². The summed E-state index contributed by atoms with van der Waals surface area (Å²) in [5, 5.41) is 12.7. The molecule has 2 rings (SSSR count). The molecule has 0 atom stereocenters. The Morgan fingerprint density at radius 3 is 2.65 bits per heavy atom. The van der Waals surface area contributed by atoms with Gasteiger partial charge in [0.15, 0.2) is 0 Å². The van der Waals surface area contributed by atoms with Gasteiger partial charge in [-0.1, -0.05) is 22.0 Å². The summed E-state index contributed by atoms with van der Waals surface area (Å²) in [7, 11) is 1.94. The van der Waals surface area contributed by atoms with Gasteiger partial charge in [0.05, 0.1) is 6.61 Å². The number of piperidine rings is 1. The molecule has 1 aromatic carbocycles. The van der Waals surface area contributed by atoms with Crippen molar-refractivity contribution in [1.82, 2.24) is 5.32 Å². The van der Waals surface area contributed by atoms with Crippen molar-refractivity contribution >= 4 is 21.6 Å². The molecule has 1 aliphatic heterocycles. The van der Waals surface area contributed by atoms with Crippen molar-refractivity contribution in [2.45, 2.75) is 18.4 Å². The monoisotopic (exact) mass is 298 g/mol. The predicted molar refractivity (Wildman–Crippen MR) is 74.5 cm³/mol. The topological polar surface area (TPSA) is 35.5 Å². The minimum Gasteiger partial charge on any atom is -0.394 e. The first-order chi connectivity index (χ1) is 8.19. The lowest BCUT2D eigenvalue weighted by atomic mass is 9.88. The number of likely N-dealkylation sites (N-methyl/N-ethyl adjacent to an activating group) is 1. The van der Waals surface area contributed by atoms with Crippen molar-refractivity contribution in [2.24, 2.45) is 0 Å². The number of nitrogens with zero attached hydrogens (tertiary/aromatic N) is 1. The largest absolute Gasteiger partial charge is 0.394 e. The molecule has 4 heteroatoms. The second kappa shape index (κ2) is 5.38. The highest BCUT2D eigenvalue weighted by molar-refractivity contribution is 9.10. The average Bonchev–Trinajstić information content (AvgIpc) is 2.39. The van der Waals surface area contributed by atoms with Crippen molar-refractivity contribution in [3.63, 3.8) is 0 Å². The Morgan fingerprint density at radius 2 is 2.12 bits per heavy atom. The van der Waals surface area contributed by atoms with Crippen LogP contribution in [0.25, 0.3) is 0 Å². The molecule has 1 saturated heterocycles. The summed E-state index contributed by atoms with van der Waals surface area (Å²) < 4.78 is 1.11. The lowest BCUT2D eigenvalue weighted by Crippen LogP contribution is -2.54. The van der Waals surface area contributed by atoms with E-state index in [0.29, 0.717) is 0 Å². The third-order valence-corrected chi connectivity index (χ3v) is 4.22. The number of hydrogen-bond donors (Lipinski definition) is 2. The number of aliphatic hydroxyl groups is 1. The van der Waals surface area contributed by atoms with Crippen LogP contribution in [0.2, 0.25) is 0 Å². The fraction of sp³-hybridized carbons (Fsp3) is 0.538. The van der Waals surface area contributed by atoms with Crippen molar-refractivity contribution < 1.29 is 5.11 Å². The Hall–Kier alpha value is -0.580. The van der Waals surface area contributed by atoms with E-state index in [9.17, 15) is 5.11 Å². The van der Waals surface area contributed by atoms with Crippen molar-refractivity contribution in [3.8, 4) is 0 Å². The Balaban J connectivity index is 2.04. The van der Waals surface area contributed by atoms with Gasteiger partial charge < -0.3 is 15.3 Å². The zero-order valence-corrected chi connectivity index (χ0v) is 11.7. The van der Waals surface area contributed by atoms with Crippen molar-refractivity contribution in [1.29, 1.82) is 0 Å². The number of nitrogens with one attached hydrogen (secondary N) is 1. The Bertz CT molecular complexity index is 369. The molecule has 0 aromatic heterocycles. The highest BCUT2D eigenvalue weighted by atomic mass is 79.9. The summed E-state index contributed by atoms with van der Waals surface area (Å²) in [5.74, 6) is 0. The SMILES string of the molecule is CNC1(CO)CCN(c2cccc(Br)c2)CC1. The quantitative estimate of drug-likeness (QED) is 0.896. The molecule has 1 heterocycles. The highest BCUT2D eigenvalue weighted by Gasteiger charge is 2.32. The zero-order valence-electron chi connectivity index (χ0n) is 10.1. The molecule has 0 radical (unpaired) electrons. The van der Waals surface area contributed by atoms with Crippen LogP contribution in [0.4, 0.5) is 5.69 Å². The fourth-order valence-corrected chi connectivity index (χ4v) is 2.74. The summed E-state index contributed by atoms with van der Waals surface area (Å²) in [6.07, 6.45) is 1.96. The molecule has 0 amide bonds. The number of halogens is 1. The van der Waals surface area contributed by atoms with E-state index in [0.717, 1.165) is 30.4 Å². The number of anilines is 1. The van der Waals surface area contributed by atoms with Crippen LogP contribution in [-0.4, -0.2) is 37.4 Å². The fourth-order valence-electron chi connectivity index (χ4n) is 2.35. The van der Waals surface area contributed by atoms with E-state index in [1.54, 1.807) is 0 Å². The van der Waals surface area contributed by atoms with E-state index < -0.39 is 0 Å². The number of benzene rings is 1. The van der Waals surface area contributed by atoms with Crippen LogP contribution < -0.4 is 10.2 Å². The van der Waals surface area contributed by atoms with E-state index in [-0.39, 0.29) is 12.1 Å². The molecule has 1 aliphatic rings. The number of rotatable bonds is 3. The first-order valence-corrected chi connectivity index (χ1v) is 6.79. The molecule has 1 fully saturated rings. The maximum Gasteiger partial charge on any atom is 0.0614 e. The normalized spacial score (nSPS) is 19.4. The maximum absolute atomic E-state index is 9.45. The van der Waals surface area contributed by atoms with Crippen LogP contribution in [0.5, 0.6) is 0 Å². The lowest BCUT2D eigenvalue weighted by molar-refractivity contribution is 0.142. The van der Waals surface area contributed by atoms with E-state index in [1.807, 2.05) is 13.1 Å².